The summed E-state index contributed by atoms with van der Waals surface area (Å²) in [4.78, 5) is 50.1. The molecule has 0 aliphatic rings. The van der Waals surface area contributed by atoms with Crippen LogP contribution in [0, 0.1) is 0 Å². The summed E-state index contributed by atoms with van der Waals surface area (Å²) in [5, 5.41) is 4.82. The predicted molar refractivity (Wildman–Crippen MR) is 93.7 cm³/mol. The highest BCUT2D eigenvalue weighted by Gasteiger charge is 2.17. The van der Waals surface area contributed by atoms with Crippen LogP contribution in [0.5, 0.6) is 0 Å². The minimum Gasteiger partial charge on any atom is -0.328 e. The normalized spacial score (nSPS) is 10.5. The van der Waals surface area contributed by atoms with Gasteiger partial charge < -0.3 is 4.98 Å². The monoisotopic (exact) mass is 353 g/mol. The Bertz CT molecular complexity index is 1100. The third-order valence-electron chi connectivity index (χ3n) is 3.72. The molecular formula is C17H15N5O4. The van der Waals surface area contributed by atoms with Gasteiger partial charge in [0.1, 0.15) is 0 Å². The molecule has 9 nitrogen and oxygen atoms in total. The van der Waals surface area contributed by atoms with Crippen molar-refractivity contribution in [3.8, 4) is 0 Å². The van der Waals surface area contributed by atoms with Gasteiger partial charge >= 0.3 is 0 Å². The molecule has 0 saturated heterocycles. The molecule has 2 heterocycles. The topological polar surface area (TPSA) is 126 Å². The van der Waals surface area contributed by atoms with Gasteiger partial charge in [0.25, 0.3) is 17.4 Å². The minimum atomic E-state index is -0.666. The van der Waals surface area contributed by atoms with Crippen molar-refractivity contribution in [2.24, 2.45) is 0 Å². The van der Waals surface area contributed by atoms with Crippen LogP contribution in [0.25, 0.3) is 10.8 Å². The van der Waals surface area contributed by atoms with Gasteiger partial charge in [0.2, 0.25) is 5.56 Å². The van der Waals surface area contributed by atoms with Crippen LogP contribution in [-0.2, 0) is 6.54 Å². The van der Waals surface area contributed by atoms with E-state index in [-0.39, 0.29) is 22.4 Å². The lowest BCUT2D eigenvalue weighted by atomic mass is 10.1. The van der Waals surface area contributed by atoms with Crippen LogP contribution in [0.3, 0.4) is 0 Å². The average Bonchev–Trinajstić information content (AvgIpc) is 2.67. The zero-order chi connectivity index (χ0) is 18.7. The maximum Gasteiger partial charge on any atom is 0.290 e. The minimum absolute atomic E-state index is 0.0174. The summed E-state index contributed by atoms with van der Waals surface area (Å²) in [5.41, 5.74) is 4.06. The smallest absolute Gasteiger partial charge is 0.290 e. The summed E-state index contributed by atoms with van der Waals surface area (Å²) in [7, 11) is 0. The Morgan fingerprint density at radius 1 is 1.04 bits per heavy atom. The van der Waals surface area contributed by atoms with Crippen LogP contribution >= 0.6 is 0 Å². The van der Waals surface area contributed by atoms with Gasteiger partial charge in [-0.3, -0.25) is 30.0 Å². The molecule has 132 valence electrons. The standard InChI is InChI=1S/C17H15N5O4/c1-2-22-17(26)12-6-4-3-5-11(12)14(21-22)16(25)20-19-15(24)10-7-8-13(23)18-9-10/h3-9H,2H2,1H3,(H,18,23)(H,19,24)(H,20,25). The number of benzene rings is 1. The number of pyridine rings is 1. The fraction of sp³-hybridized carbons (Fsp3) is 0.118. The van der Waals surface area contributed by atoms with Crippen molar-refractivity contribution in [3.63, 3.8) is 0 Å². The molecule has 3 aromatic rings. The highest BCUT2D eigenvalue weighted by Crippen LogP contribution is 2.12. The number of hydrazine groups is 1. The van der Waals surface area contributed by atoms with Crippen molar-refractivity contribution < 1.29 is 9.59 Å². The molecular weight excluding hydrogens is 338 g/mol. The Hall–Kier alpha value is -3.75. The summed E-state index contributed by atoms with van der Waals surface area (Å²) in [6.07, 6.45) is 1.23. The molecule has 3 rings (SSSR count). The number of carbonyl (C=O) groups excluding carboxylic acids is 2. The summed E-state index contributed by atoms with van der Waals surface area (Å²) >= 11 is 0. The molecule has 0 radical (unpaired) electrons. The first-order valence-electron chi connectivity index (χ1n) is 7.80. The Balaban J connectivity index is 1.87. The molecule has 0 atom stereocenters. The number of nitrogens with zero attached hydrogens (tertiary/aromatic N) is 2. The number of aromatic amines is 1. The molecule has 0 aliphatic carbocycles. The number of rotatable bonds is 3. The molecule has 0 spiro atoms. The van der Waals surface area contributed by atoms with E-state index in [9.17, 15) is 19.2 Å². The second kappa shape index (κ2) is 7.01. The van der Waals surface area contributed by atoms with Crippen molar-refractivity contribution in [2.75, 3.05) is 0 Å². The van der Waals surface area contributed by atoms with Crippen molar-refractivity contribution in [1.29, 1.82) is 0 Å². The quantitative estimate of drug-likeness (QED) is 0.579. The second-order valence-electron chi connectivity index (χ2n) is 5.36. The summed E-state index contributed by atoms with van der Waals surface area (Å²) < 4.78 is 1.18. The fourth-order valence-corrected chi connectivity index (χ4v) is 2.41. The van der Waals surface area contributed by atoms with E-state index in [1.54, 1.807) is 31.2 Å². The van der Waals surface area contributed by atoms with E-state index in [1.165, 1.54) is 23.0 Å². The van der Waals surface area contributed by atoms with Crippen LogP contribution in [-0.4, -0.2) is 26.6 Å². The van der Waals surface area contributed by atoms with E-state index >= 15 is 0 Å². The Morgan fingerprint density at radius 2 is 1.73 bits per heavy atom. The predicted octanol–water partition coefficient (Wildman–Crippen LogP) is 0.179. The van der Waals surface area contributed by atoms with Gasteiger partial charge in [-0.1, -0.05) is 18.2 Å². The maximum atomic E-state index is 12.5. The van der Waals surface area contributed by atoms with Gasteiger partial charge in [0, 0.05) is 24.2 Å². The first-order valence-corrected chi connectivity index (χ1v) is 7.80. The maximum absolute atomic E-state index is 12.5. The fourth-order valence-electron chi connectivity index (χ4n) is 2.41. The zero-order valence-electron chi connectivity index (χ0n) is 13.8. The van der Waals surface area contributed by atoms with E-state index < -0.39 is 11.8 Å². The van der Waals surface area contributed by atoms with Gasteiger partial charge in [-0.15, -0.1) is 0 Å². The van der Waals surface area contributed by atoms with E-state index in [0.29, 0.717) is 17.3 Å². The average molecular weight is 353 g/mol. The van der Waals surface area contributed by atoms with Gasteiger partial charge in [-0.05, 0) is 19.1 Å². The van der Waals surface area contributed by atoms with Crippen LogP contribution in [0.2, 0.25) is 0 Å². The third kappa shape index (κ3) is 3.22. The van der Waals surface area contributed by atoms with Crippen molar-refractivity contribution in [3.05, 3.63) is 74.6 Å². The first kappa shape index (κ1) is 17.1. The highest BCUT2D eigenvalue weighted by atomic mass is 16.2. The van der Waals surface area contributed by atoms with Gasteiger partial charge in [-0.25, -0.2) is 4.68 Å². The summed E-state index contributed by atoms with van der Waals surface area (Å²) in [5.74, 6) is -1.27. The number of H-pyrrole nitrogens is 1. The van der Waals surface area contributed by atoms with E-state index in [1.807, 2.05) is 0 Å². The van der Waals surface area contributed by atoms with Crippen LogP contribution < -0.4 is 22.0 Å². The first-order chi connectivity index (χ1) is 12.5. The lowest BCUT2D eigenvalue weighted by molar-refractivity contribution is 0.0843. The SMILES string of the molecule is CCn1nc(C(=O)NNC(=O)c2ccc(=O)[nH]c2)c2ccccc2c1=O. The Morgan fingerprint density at radius 3 is 2.38 bits per heavy atom. The summed E-state index contributed by atoms with van der Waals surface area (Å²) in [6, 6.07) is 9.14. The van der Waals surface area contributed by atoms with Crippen LogP contribution in [0.4, 0.5) is 0 Å². The zero-order valence-corrected chi connectivity index (χ0v) is 13.8. The number of fused-ring (bicyclic) bond motifs is 1. The van der Waals surface area contributed by atoms with E-state index in [4.69, 9.17) is 0 Å². The third-order valence-corrected chi connectivity index (χ3v) is 3.72. The van der Waals surface area contributed by atoms with Crippen molar-refractivity contribution >= 4 is 22.6 Å². The molecule has 3 N–H and O–H groups in total. The summed E-state index contributed by atoms with van der Waals surface area (Å²) in [6.45, 7) is 2.04. The lowest BCUT2D eigenvalue weighted by Crippen LogP contribution is -2.43. The lowest BCUT2D eigenvalue weighted by Gasteiger charge is -2.10. The number of nitrogens with one attached hydrogen (secondary N) is 3. The van der Waals surface area contributed by atoms with Gasteiger partial charge in [-0.2, -0.15) is 5.10 Å². The molecule has 2 aromatic heterocycles. The highest BCUT2D eigenvalue weighted by molar-refractivity contribution is 6.05. The Labute approximate surface area is 146 Å². The molecule has 2 amide bonds. The second-order valence-corrected chi connectivity index (χ2v) is 5.36. The largest absolute Gasteiger partial charge is 0.328 e. The van der Waals surface area contributed by atoms with Crippen LogP contribution in [0.15, 0.2) is 52.2 Å². The number of hydrogen-bond acceptors (Lipinski definition) is 5. The van der Waals surface area contributed by atoms with E-state index in [2.05, 4.69) is 20.9 Å². The molecule has 1 aromatic carbocycles. The van der Waals surface area contributed by atoms with Gasteiger partial charge in [0.05, 0.1) is 10.9 Å². The van der Waals surface area contributed by atoms with Crippen LogP contribution in [0.1, 0.15) is 27.8 Å². The number of carbonyl (C=O) groups is 2. The van der Waals surface area contributed by atoms with Crippen molar-refractivity contribution in [2.45, 2.75) is 13.5 Å². The number of aromatic nitrogens is 3. The number of aryl methyl sites for hydroxylation is 1. The molecule has 0 aliphatic heterocycles. The van der Waals surface area contributed by atoms with E-state index in [0.717, 1.165) is 0 Å². The van der Waals surface area contributed by atoms with Crippen molar-refractivity contribution in [1.82, 2.24) is 25.6 Å². The van der Waals surface area contributed by atoms with Gasteiger partial charge in [0.15, 0.2) is 5.69 Å². The number of amides is 2. The Kier molecular flexibility index (Phi) is 4.61. The molecule has 0 bridgehead atoms. The molecule has 9 heteroatoms. The molecule has 26 heavy (non-hydrogen) atoms. The molecule has 0 unspecified atom stereocenters. The number of hydrogen-bond donors (Lipinski definition) is 3. The molecule has 0 fully saturated rings. The molecule has 0 saturated carbocycles.